The zero-order chi connectivity index (χ0) is 27.7. The van der Waals surface area contributed by atoms with Gasteiger partial charge in [0.1, 0.15) is 33.5 Å². The molecule has 39 heavy (non-hydrogen) atoms. The second-order valence-electron chi connectivity index (χ2n) is 9.02. The minimum Gasteiger partial charge on any atom is -0.496 e. The standard InChI is InChI=1S/C26H27FN6O5S/c1-4-5-12-38-20(17-13-16(27)6-7-19(17)37-3)14-31-25-21(15(2)24(39-25)33-29-10-11-30-33)23(35)32(26(31)36)18-8-9-28-22(18)34/h4,6-7,10-11,13,18,20H,1,5,8-9,12,14H2,2-3H3,(H,28,34)/t18-,20+/m1/s1. The summed E-state index contributed by atoms with van der Waals surface area (Å²) in [6.07, 6.45) is 4.71. The van der Waals surface area contributed by atoms with E-state index >= 15 is 0 Å². The number of aromatic nitrogens is 5. The molecule has 1 N–H and O–H groups in total. The molecule has 13 heteroatoms. The first kappa shape index (κ1) is 26.5. The van der Waals surface area contributed by atoms with E-state index in [1.807, 2.05) is 0 Å². The monoisotopic (exact) mass is 554 g/mol. The Balaban J connectivity index is 1.75. The third kappa shape index (κ3) is 4.79. The van der Waals surface area contributed by atoms with E-state index in [-0.39, 0.29) is 18.5 Å². The summed E-state index contributed by atoms with van der Waals surface area (Å²) < 4.78 is 28.4. The maximum Gasteiger partial charge on any atom is 0.332 e. The Morgan fingerprint density at radius 1 is 1.28 bits per heavy atom. The van der Waals surface area contributed by atoms with E-state index in [1.165, 1.54) is 58.4 Å². The number of halogens is 1. The zero-order valence-corrected chi connectivity index (χ0v) is 22.2. The molecular weight excluding hydrogens is 527 g/mol. The summed E-state index contributed by atoms with van der Waals surface area (Å²) in [4.78, 5) is 42.1. The fourth-order valence-corrected chi connectivity index (χ4v) is 6.00. The maximum absolute atomic E-state index is 14.4. The number of rotatable bonds is 10. The highest BCUT2D eigenvalue weighted by Crippen LogP contribution is 2.34. The number of hydrogen-bond donors (Lipinski definition) is 1. The lowest BCUT2D eigenvalue weighted by Crippen LogP contribution is -2.44. The van der Waals surface area contributed by atoms with Crippen LogP contribution in [0.4, 0.5) is 4.39 Å². The predicted octanol–water partition coefficient (Wildman–Crippen LogP) is 2.66. The molecule has 0 radical (unpaired) electrons. The van der Waals surface area contributed by atoms with Crippen molar-refractivity contribution in [2.75, 3.05) is 20.3 Å². The Bertz CT molecular complexity index is 1660. The zero-order valence-electron chi connectivity index (χ0n) is 21.4. The highest BCUT2D eigenvalue weighted by Gasteiger charge is 2.32. The van der Waals surface area contributed by atoms with E-state index in [0.717, 1.165) is 4.57 Å². The van der Waals surface area contributed by atoms with Crippen molar-refractivity contribution in [3.05, 3.63) is 81.0 Å². The molecule has 2 atom stereocenters. The third-order valence-electron chi connectivity index (χ3n) is 6.68. The number of carbonyl (C=O) groups is 1. The number of carbonyl (C=O) groups excluding carboxylic acids is 1. The summed E-state index contributed by atoms with van der Waals surface area (Å²) in [5.74, 6) is -0.503. The average Bonchev–Trinajstić information content (AvgIpc) is 3.67. The summed E-state index contributed by atoms with van der Waals surface area (Å²) in [6, 6.07) is 3.13. The van der Waals surface area contributed by atoms with Crippen molar-refractivity contribution in [2.45, 2.75) is 38.5 Å². The van der Waals surface area contributed by atoms with Gasteiger partial charge in [-0.15, -0.1) is 11.4 Å². The van der Waals surface area contributed by atoms with Crippen molar-refractivity contribution in [1.29, 1.82) is 0 Å². The number of nitrogens with one attached hydrogen (secondary N) is 1. The second kappa shape index (κ2) is 10.9. The maximum atomic E-state index is 14.4. The van der Waals surface area contributed by atoms with Crippen LogP contribution in [-0.2, 0) is 16.1 Å². The van der Waals surface area contributed by atoms with Crippen LogP contribution in [0.1, 0.15) is 36.1 Å². The van der Waals surface area contributed by atoms with E-state index in [9.17, 15) is 18.8 Å². The molecule has 1 aliphatic heterocycles. The molecule has 4 aromatic rings. The first-order chi connectivity index (χ1) is 18.8. The van der Waals surface area contributed by atoms with Crippen molar-refractivity contribution in [3.63, 3.8) is 0 Å². The van der Waals surface area contributed by atoms with Crippen LogP contribution in [0.15, 0.2) is 52.8 Å². The molecule has 1 aliphatic rings. The fraction of sp³-hybridized carbons (Fsp3) is 0.346. The van der Waals surface area contributed by atoms with Crippen LogP contribution in [0.5, 0.6) is 5.75 Å². The predicted molar refractivity (Wildman–Crippen MR) is 143 cm³/mol. The van der Waals surface area contributed by atoms with Gasteiger partial charge in [0.15, 0.2) is 0 Å². The summed E-state index contributed by atoms with van der Waals surface area (Å²) in [6.45, 7) is 6.00. The minimum atomic E-state index is -0.949. The summed E-state index contributed by atoms with van der Waals surface area (Å²) >= 11 is 1.18. The number of amides is 1. The van der Waals surface area contributed by atoms with Crippen LogP contribution in [0.2, 0.25) is 0 Å². The Morgan fingerprint density at radius 2 is 2.05 bits per heavy atom. The molecule has 1 aromatic carbocycles. The van der Waals surface area contributed by atoms with E-state index in [2.05, 4.69) is 22.1 Å². The van der Waals surface area contributed by atoms with Crippen LogP contribution in [0.3, 0.4) is 0 Å². The average molecular weight is 555 g/mol. The van der Waals surface area contributed by atoms with Gasteiger partial charge >= 0.3 is 5.69 Å². The number of methoxy groups -OCH3 is 1. The van der Waals surface area contributed by atoms with Crippen LogP contribution in [0.25, 0.3) is 15.2 Å². The molecule has 5 rings (SSSR count). The molecule has 1 saturated heterocycles. The third-order valence-corrected chi connectivity index (χ3v) is 7.96. The van der Waals surface area contributed by atoms with Crippen LogP contribution in [-0.4, -0.2) is 50.3 Å². The van der Waals surface area contributed by atoms with E-state index in [1.54, 1.807) is 13.0 Å². The molecule has 1 fully saturated rings. The number of nitrogens with zero attached hydrogens (tertiary/aromatic N) is 5. The van der Waals surface area contributed by atoms with E-state index < -0.39 is 35.1 Å². The van der Waals surface area contributed by atoms with Gasteiger partial charge in [-0.1, -0.05) is 17.4 Å². The summed E-state index contributed by atoms with van der Waals surface area (Å²) in [5, 5.41) is 11.9. The van der Waals surface area contributed by atoms with E-state index in [0.29, 0.717) is 46.1 Å². The van der Waals surface area contributed by atoms with Crippen molar-refractivity contribution in [1.82, 2.24) is 29.4 Å². The first-order valence-corrected chi connectivity index (χ1v) is 13.2. The Labute approximate surface area is 226 Å². The molecule has 204 valence electrons. The number of aryl methyl sites for hydroxylation is 1. The number of fused-ring (bicyclic) bond motifs is 1. The van der Waals surface area contributed by atoms with E-state index in [4.69, 9.17) is 9.47 Å². The Hall–Kier alpha value is -4.10. The second-order valence-corrected chi connectivity index (χ2v) is 10.00. The van der Waals surface area contributed by atoms with Crippen molar-refractivity contribution in [2.24, 2.45) is 0 Å². The molecule has 0 saturated carbocycles. The summed E-state index contributed by atoms with van der Waals surface area (Å²) in [7, 11) is 1.47. The van der Waals surface area contributed by atoms with Gasteiger partial charge < -0.3 is 14.8 Å². The fourth-order valence-electron chi connectivity index (χ4n) is 4.78. The van der Waals surface area contributed by atoms with Gasteiger partial charge in [0.25, 0.3) is 5.56 Å². The Kier molecular flexibility index (Phi) is 7.44. The molecule has 0 unspecified atom stereocenters. The lowest BCUT2D eigenvalue weighted by atomic mass is 10.1. The van der Waals surface area contributed by atoms with Crippen molar-refractivity contribution in [3.8, 4) is 10.8 Å². The van der Waals surface area contributed by atoms with Gasteiger partial charge in [0.2, 0.25) is 5.91 Å². The van der Waals surface area contributed by atoms with Gasteiger partial charge in [0.05, 0.1) is 38.0 Å². The van der Waals surface area contributed by atoms with Gasteiger partial charge in [-0.05, 0) is 38.0 Å². The number of ether oxygens (including phenoxy) is 2. The van der Waals surface area contributed by atoms with Gasteiger partial charge in [-0.25, -0.2) is 13.8 Å². The molecule has 3 aromatic heterocycles. The first-order valence-electron chi connectivity index (χ1n) is 12.3. The van der Waals surface area contributed by atoms with Gasteiger partial charge in [0, 0.05) is 17.7 Å². The SMILES string of the molecule is C=CCCO[C@@H](Cn1c(=O)n([C@@H]2CCNC2=O)c(=O)c2c(C)c(-n3nccn3)sc21)c1cc(F)ccc1OC. The number of benzene rings is 1. The normalized spacial score (nSPS) is 16.0. The highest BCUT2D eigenvalue weighted by atomic mass is 32.1. The lowest BCUT2D eigenvalue weighted by Gasteiger charge is -2.23. The van der Waals surface area contributed by atoms with Crippen molar-refractivity contribution >= 4 is 27.5 Å². The highest BCUT2D eigenvalue weighted by molar-refractivity contribution is 7.21. The Morgan fingerprint density at radius 3 is 2.72 bits per heavy atom. The van der Waals surface area contributed by atoms with Crippen LogP contribution in [0, 0.1) is 12.7 Å². The quantitative estimate of drug-likeness (QED) is 0.236. The molecular formula is C26H27FN6O5S. The van der Waals surface area contributed by atoms with Crippen molar-refractivity contribution < 1.29 is 18.7 Å². The molecule has 0 spiro atoms. The molecule has 0 bridgehead atoms. The topological polar surface area (TPSA) is 122 Å². The van der Waals surface area contributed by atoms with Crippen LogP contribution < -0.4 is 21.3 Å². The largest absolute Gasteiger partial charge is 0.496 e. The molecule has 0 aliphatic carbocycles. The summed E-state index contributed by atoms with van der Waals surface area (Å²) in [5.41, 5.74) is -0.249. The van der Waals surface area contributed by atoms with Gasteiger partial charge in [-0.2, -0.15) is 10.2 Å². The number of hydrogen-bond acceptors (Lipinski definition) is 8. The van der Waals surface area contributed by atoms with Crippen LogP contribution >= 0.6 is 11.3 Å². The lowest BCUT2D eigenvalue weighted by molar-refractivity contribution is -0.122. The molecule has 1 amide bonds. The smallest absolute Gasteiger partial charge is 0.332 e. The molecule has 11 nitrogen and oxygen atoms in total. The number of thiophene rings is 1. The minimum absolute atomic E-state index is 0.0765. The van der Waals surface area contributed by atoms with Gasteiger partial charge in [-0.3, -0.25) is 14.2 Å². The molecule has 4 heterocycles.